The number of nitrogens with zero attached hydrogens (tertiary/aromatic N) is 1. The number of rotatable bonds is 3. The van der Waals surface area contributed by atoms with Crippen LogP contribution in [-0.2, 0) is 6.54 Å². The molecule has 0 spiro atoms. The molecule has 2 nitrogen and oxygen atoms in total. The highest BCUT2D eigenvalue weighted by Gasteiger charge is 2.03. The van der Waals surface area contributed by atoms with Crippen molar-refractivity contribution in [1.29, 1.82) is 0 Å². The van der Waals surface area contributed by atoms with Crippen molar-refractivity contribution >= 4 is 22.2 Å². The molecule has 0 unspecified atom stereocenters. The second-order valence-corrected chi connectivity index (χ2v) is 6.31. The van der Waals surface area contributed by atoms with Crippen LogP contribution in [0.25, 0.3) is 22.0 Å². The zero-order chi connectivity index (χ0) is 15.6. The van der Waals surface area contributed by atoms with Gasteiger partial charge in [0, 0.05) is 24.2 Å². The summed E-state index contributed by atoms with van der Waals surface area (Å²) in [6.07, 6.45) is 1.87. The van der Waals surface area contributed by atoms with Gasteiger partial charge in [0.2, 0.25) is 0 Å². The molecule has 0 aliphatic heterocycles. The number of fused-ring (bicyclic) bond motifs is 1. The van der Waals surface area contributed by atoms with Crippen LogP contribution in [0.3, 0.4) is 0 Å². The second-order valence-electron chi connectivity index (χ2n) is 5.53. The third-order valence-corrected chi connectivity index (χ3v) is 4.73. The van der Waals surface area contributed by atoms with Crippen LogP contribution < -0.4 is 5.43 Å². The molecule has 2 heterocycles. The van der Waals surface area contributed by atoms with Gasteiger partial charge in [-0.15, -0.1) is 0 Å². The van der Waals surface area contributed by atoms with E-state index in [1.165, 1.54) is 16.7 Å². The van der Waals surface area contributed by atoms with Gasteiger partial charge in [-0.05, 0) is 45.6 Å². The van der Waals surface area contributed by atoms with E-state index >= 15 is 0 Å². The third-order valence-electron chi connectivity index (χ3n) is 4.05. The lowest BCUT2D eigenvalue weighted by Gasteiger charge is -2.11. The molecular weight excluding hydrogens is 302 g/mol. The fourth-order valence-corrected chi connectivity index (χ4v) is 3.49. The van der Waals surface area contributed by atoms with E-state index in [9.17, 15) is 4.79 Å². The van der Waals surface area contributed by atoms with Crippen LogP contribution in [0.2, 0.25) is 0 Å². The quantitative estimate of drug-likeness (QED) is 0.533. The molecule has 3 heteroatoms. The Bertz CT molecular complexity index is 998. The Balaban J connectivity index is 1.69. The molecule has 0 N–H and O–H groups in total. The molecule has 0 aliphatic rings. The summed E-state index contributed by atoms with van der Waals surface area (Å²) in [5.41, 5.74) is 4.76. The van der Waals surface area contributed by atoms with Gasteiger partial charge in [-0.25, -0.2) is 0 Å². The third kappa shape index (κ3) is 2.71. The van der Waals surface area contributed by atoms with Crippen LogP contribution in [0.1, 0.15) is 5.56 Å². The van der Waals surface area contributed by atoms with Gasteiger partial charge >= 0.3 is 0 Å². The summed E-state index contributed by atoms with van der Waals surface area (Å²) in [6.45, 7) is 0.755. The highest BCUT2D eigenvalue weighted by atomic mass is 32.1. The summed E-state index contributed by atoms with van der Waals surface area (Å²) in [5.74, 6) is 0. The Morgan fingerprint density at radius 2 is 1.70 bits per heavy atom. The zero-order valence-electron chi connectivity index (χ0n) is 12.5. The number of para-hydroxylation sites is 1. The van der Waals surface area contributed by atoms with E-state index in [1.54, 1.807) is 17.4 Å². The monoisotopic (exact) mass is 317 g/mol. The first-order valence-corrected chi connectivity index (χ1v) is 8.45. The minimum absolute atomic E-state index is 0.0738. The van der Waals surface area contributed by atoms with Crippen LogP contribution >= 0.6 is 11.3 Å². The first-order chi connectivity index (χ1) is 11.3. The van der Waals surface area contributed by atoms with Crippen LogP contribution in [-0.4, -0.2) is 4.57 Å². The van der Waals surface area contributed by atoms with Gasteiger partial charge in [0.1, 0.15) is 0 Å². The molecule has 4 aromatic rings. The summed E-state index contributed by atoms with van der Waals surface area (Å²) in [6, 6.07) is 20.1. The van der Waals surface area contributed by atoms with Crippen LogP contribution in [0.15, 0.2) is 82.4 Å². The van der Waals surface area contributed by atoms with E-state index in [2.05, 4.69) is 45.7 Å². The van der Waals surface area contributed by atoms with E-state index in [1.807, 2.05) is 30.5 Å². The summed E-state index contributed by atoms with van der Waals surface area (Å²) in [5, 5.41) is 5.02. The number of hydrogen-bond acceptors (Lipinski definition) is 2. The second kappa shape index (κ2) is 5.86. The van der Waals surface area contributed by atoms with Gasteiger partial charge in [0.15, 0.2) is 5.43 Å². The molecule has 0 saturated carbocycles. The zero-order valence-corrected chi connectivity index (χ0v) is 13.3. The van der Waals surface area contributed by atoms with Crippen molar-refractivity contribution in [2.75, 3.05) is 0 Å². The summed E-state index contributed by atoms with van der Waals surface area (Å²) >= 11 is 1.71. The molecule has 0 atom stereocenters. The molecule has 0 amide bonds. The van der Waals surface area contributed by atoms with Gasteiger partial charge in [-0.3, -0.25) is 4.79 Å². The van der Waals surface area contributed by atoms with Gasteiger partial charge in [-0.2, -0.15) is 11.3 Å². The lowest BCUT2D eigenvalue weighted by Crippen LogP contribution is -2.08. The Hall–Kier alpha value is -2.65. The lowest BCUT2D eigenvalue weighted by atomic mass is 10.1. The van der Waals surface area contributed by atoms with E-state index < -0.39 is 0 Å². The smallest absolute Gasteiger partial charge is 0.189 e. The summed E-state index contributed by atoms with van der Waals surface area (Å²) < 4.78 is 2.12. The van der Waals surface area contributed by atoms with Gasteiger partial charge in [0.25, 0.3) is 0 Å². The molecule has 4 rings (SSSR count). The SMILES string of the molecule is O=c1ccn(Cc2ccc(-c3ccsc3)cc2)c2ccccc12. The number of thiophene rings is 1. The molecule has 23 heavy (non-hydrogen) atoms. The molecule has 2 aromatic carbocycles. The maximum atomic E-state index is 11.9. The van der Waals surface area contributed by atoms with Crippen molar-refractivity contribution in [1.82, 2.24) is 4.57 Å². The molecule has 0 aliphatic carbocycles. The van der Waals surface area contributed by atoms with E-state index in [4.69, 9.17) is 0 Å². The molecule has 2 aromatic heterocycles. The first kappa shape index (κ1) is 14.0. The van der Waals surface area contributed by atoms with Crippen LogP contribution in [0.5, 0.6) is 0 Å². The average Bonchev–Trinajstić information content (AvgIpc) is 3.13. The van der Waals surface area contributed by atoms with Crippen molar-refractivity contribution in [2.45, 2.75) is 6.54 Å². The molecule has 112 valence electrons. The maximum Gasteiger partial charge on any atom is 0.189 e. The van der Waals surface area contributed by atoms with Crippen molar-refractivity contribution in [2.24, 2.45) is 0 Å². The average molecular weight is 317 g/mol. The van der Waals surface area contributed by atoms with Gasteiger partial charge in [-0.1, -0.05) is 36.4 Å². The molecule has 0 radical (unpaired) electrons. The highest BCUT2D eigenvalue weighted by Crippen LogP contribution is 2.22. The maximum absolute atomic E-state index is 11.9. The fourth-order valence-electron chi connectivity index (χ4n) is 2.83. The Kier molecular flexibility index (Phi) is 3.56. The van der Waals surface area contributed by atoms with E-state index in [-0.39, 0.29) is 5.43 Å². The predicted octanol–water partition coefficient (Wildman–Crippen LogP) is 4.78. The van der Waals surface area contributed by atoms with Gasteiger partial charge in [0.05, 0.1) is 5.52 Å². The molecule has 0 bridgehead atoms. The highest BCUT2D eigenvalue weighted by molar-refractivity contribution is 7.08. The first-order valence-electron chi connectivity index (χ1n) is 7.51. The Labute approximate surface area is 138 Å². The number of hydrogen-bond donors (Lipinski definition) is 0. The standard InChI is InChI=1S/C20H15NOS/c22-20-9-11-21(19-4-2-1-3-18(19)20)13-15-5-7-16(8-6-15)17-10-12-23-14-17/h1-12,14H,13H2. The topological polar surface area (TPSA) is 22.0 Å². The van der Waals surface area contributed by atoms with Crippen molar-refractivity contribution in [3.05, 3.63) is 93.4 Å². The van der Waals surface area contributed by atoms with Crippen LogP contribution in [0.4, 0.5) is 0 Å². The van der Waals surface area contributed by atoms with Crippen molar-refractivity contribution in [3.8, 4) is 11.1 Å². The Morgan fingerprint density at radius 3 is 2.48 bits per heavy atom. The minimum Gasteiger partial charge on any atom is -0.343 e. The molecule has 0 saturated heterocycles. The lowest BCUT2D eigenvalue weighted by molar-refractivity contribution is 0.826. The summed E-state index contributed by atoms with van der Waals surface area (Å²) in [4.78, 5) is 11.9. The number of pyridine rings is 1. The normalized spacial score (nSPS) is 11.0. The van der Waals surface area contributed by atoms with E-state index in [0.29, 0.717) is 0 Å². The minimum atomic E-state index is 0.0738. The van der Waals surface area contributed by atoms with Gasteiger partial charge < -0.3 is 4.57 Å². The molecule has 0 fully saturated rings. The number of aromatic nitrogens is 1. The predicted molar refractivity (Wildman–Crippen MR) is 97.1 cm³/mol. The molecular formula is C20H15NOS. The van der Waals surface area contributed by atoms with E-state index in [0.717, 1.165) is 17.4 Å². The number of benzene rings is 2. The fraction of sp³-hybridized carbons (Fsp3) is 0.0500. The van der Waals surface area contributed by atoms with Crippen LogP contribution in [0, 0.1) is 0 Å². The summed E-state index contributed by atoms with van der Waals surface area (Å²) in [7, 11) is 0. The van der Waals surface area contributed by atoms with Crippen molar-refractivity contribution in [3.63, 3.8) is 0 Å². The Morgan fingerprint density at radius 1 is 0.870 bits per heavy atom. The largest absolute Gasteiger partial charge is 0.343 e. The van der Waals surface area contributed by atoms with Crippen molar-refractivity contribution < 1.29 is 0 Å².